The number of nitrogens with one attached hydrogen (secondary N) is 2. The Labute approximate surface area is 175 Å². The van der Waals surface area contributed by atoms with Gasteiger partial charge in [0.2, 0.25) is 0 Å². The summed E-state index contributed by atoms with van der Waals surface area (Å²) in [5.41, 5.74) is 1.37. The van der Waals surface area contributed by atoms with E-state index in [9.17, 15) is 0 Å². The summed E-state index contributed by atoms with van der Waals surface area (Å²) in [4.78, 5) is 11.9. The third kappa shape index (κ3) is 6.32. The Hall–Kier alpha value is -2.34. The quantitative estimate of drug-likeness (QED) is 0.531. The predicted octanol–water partition coefficient (Wildman–Crippen LogP) is 3.26. The summed E-state index contributed by atoms with van der Waals surface area (Å²) >= 11 is 0. The SMILES string of the molecule is CCNC(=NCc1nccn1CC(C)C)NC1CC(C)N(Cc2ccccc2)C1. The fourth-order valence-electron chi connectivity index (χ4n) is 3.96. The number of aliphatic imine (C=N–C) groups is 1. The minimum atomic E-state index is 0.405. The van der Waals surface area contributed by atoms with E-state index in [0.717, 1.165) is 44.4 Å². The van der Waals surface area contributed by atoms with Crippen molar-refractivity contribution in [3.63, 3.8) is 0 Å². The Bertz CT molecular complexity index is 767. The van der Waals surface area contributed by atoms with E-state index in [2.05, 4.69) is 83.1 Å². The van der Waals surface area contributed by atoms with E-state index < -0.39 is 0 Å². The molecule has 2 N–H and O–H groups in total. The van der Waals surface area contributed by atoms with Crippen LogP contribution in [0.1, 0.15) is 45.5 Å². The minimum Gasteiger partial charge on any atom is -0.357 e. The molecule has 2 heterocycles. The van der Waals surface area contributed by atoms with Crippen molar-refractivity contribution in [2.24, 2.45) is 10.9 Å². The summed E-state index contributed by atoms with van der Waals surface area (Å²) in [5.74, 6) is 2.49. The molecule has 0 saturated carbocycles. The maximum atomic E-state index is 4.81. The molecule has 3 rings (SSSR count). The molecule has 0 bridgehead atoms. The van der Waals surface area contributed by atoms with Crippen LogP contribution in [0.2, 0.25) is 0 Å². The monoisotopic (exact) mass is 396 g/mol. The van der Waals surface area contributed by atoms with Crippen molar-refractivity contribution in [3.05, 3.63) is 54.1 Å². The Kier molecular flexibility index (Phi) is 7.69. The first kappa shape index (κ1) is 21.4. The third-order valence-corrected chi connectivity index (χ3v) is 5.36. The van der Waals surface area contributed by atoms with Gasteiger partial charge in [0.15, 0.2) is 5.96 Å². The van der Waals surface area contributed by atoms with Gasteiger partial charge in [-0.3, -0.25) is 4.90 Å². The highest BCUT2D eigenvalue weighted by Gasteiger charge is 2.29. The van der Waals surface area contributed by atoms with E-state index in [-0.39, 0.29) is 0 Å². The maximum Gasteiger partial charge on any atom is 0.191 e. The highest BCUT2D eigenvalue weighted by molar-refractivity contribution is 5.80. The maximum absolute atomic E-state index is 4.81. The summed E-state index contributed by atoms with van der Waals surface area (Å²) < 4.78 is 2.21. The lowest BCUT2D eigenvalue weighted by Gasteiger charge is -2.21. The second kappa shape index (κ2) is 10.4. The average Bonchev–Trinajstić information content (AvgIpc) is 3.26. The molecule has 2 atom stereocenters. The zero-order valence-electron chi connectivity index (χ0n) is 18.3. The largest absolute Gasteiger partial charge is 0.357 e. The van der Waals surface area contributed by atoms with E-state index in [4.69, 9.17) is 4.99 Å². The molecule has 1 aromatic carbocycles. The molecule has 0 radical (unpaired) electrons. The van der Waals surface area contributed by atoms with Gasteiger partial charge >= 0.3 is 0 Å². The first-order valence-electron chi connectivity index (χ1n) is 10.9. The molecule has 158 valence electrons. The minimum absolute atomic E-state index is 0.405. The predicted molar refractivity (Wildman–Crippen MR) is 120 cm³/mol. The van der Waals surface area contributed by atoms with Gasteiger partial charge in [-0.25, -0.2) is 9.98 Å². The zero-order valence-corrected chi connectivity index (χ0v) is 18.3. The van der Waals surface area contributed by atoms with Crippen LogP contribution in [0.4, 0.5) is 0 Å². The number of guanidine groups is 1. The number of imidazole rings is 1. The normalized spacial score (nSPS) is 20.4. The zero-order chi connectivity index (χ0) is 20.6. The molecule has 2 unspecified atom stereocenters. The van der Waals surface area contributed by atoms with Gasteiger partial charge in [-0.05, 0) is 31.7 Å². The van der Waals surface area contributed by atoms with Gasteiger partial charge in [-0.15, -0.1) is 0 Å². The fraction of sp³-hybridized carbons (Fsp3) is 0.565. The van der Waals surface area contributed by atoms with Gasteiger partial charge in [0.05, 0.1) is 0 Å². The number of aromatic nitrogens is 2. The summed E-state index contributed by atoms with van der Waals surface area (Å²) in [7, 11) is 0. The number of likely N-dealkylation sites (tertiary alicyclic amines) is 1. The molecule has 6 nitrogen and oxygen atoms in total. The molecular weight excluding hydrogens is 360 g/mol. The molecule has 0 aliphatic carbocycles. The fourth-order valence-corrected chi connectivity index (χ4v) is 3.96. The van der Waals surface area contributed by atoms with Crippen molar-refractivity contribution in [3.8, 4) is 0 Å². The topological polar surface area (TPSA) is 57.5 Å². The van der Waals surface area contributed by atoms with Crippen molar-refractivity contribution in [2.75, 3.05) is 13.1 Å². The summed E-state index contributed by atoms with van der Waals surface area (Å²) in [6.45, 7) is 13.3. The van der Waals surface area contributed by atoms with Crippen molar-refractivity contribution >= 4 is 5.96 Å². The van der Waals surface area contributed by atoms with Crippen molar-refractivity contribution < 1.29 is 0 Å². The van der Waals surface area contributed by atoms with Crippen molar-refractivity contribution in [1.29, 1.82) is 0 Å². The number of nitrogens with zero attached hydrogens (tertiary/aromatic N) is 4. The van der Waals surface area contributed by atoms with Crippen molar-refractivity contribution in [2.45, 2.75) is 65.8 Å². The third-order valence-electron chi connectivity index (χ3n) is 5.36. The van der Waals surface area contributed by atoms with Gasteiger partial charge in [0.1, 0.15) is 12.4 Å². The summed E-state index contributed by atoms with van der Waals surface area (Å²) in [5, 5.41) is 7.04. The number of benzene rings is 1. The molecule has 1 aliphatic heterocycles. The summed E-state index contributed by atoms with van der Waals surface area (Å²) in [6, 6.07) is 11.7. The van der Waals surface area contributed by atoms with Crippen LogP contribution in [0.25, 0.3) is 0 Å². The van der Waals surface area contributed by atoms with Crippen LogP contribution < -0.4 is 10.6 Å². The Balaban J connectivity index is 1.59. The van der Waals surface area contributed by atoms with Gasteiger partial charge in [0.25, 0.3) is 0 Å². The lowest BCUT2D eigenvalue weighted by Crippen LogP contribution is -2.44. The standard InChI is InChI=1S/C23H36N6/c1-5-24-23(26-14-22-25-11-12-28(22)15-18(2)3)27-21-13-19(4)29(17-21)16-20-9-7-6-8-10-20/h6-12,18-19,21H,5,13-17H2,1-4H3,(H2,24,26,27). The van der Waals surface area contributed by atoms with Crippen LogP contribution in [0.3, 0.4) is 0 Å². The van der Waals surface area contributed by atoms with Crippen LogP contribution in [-0.2, 0) is 19.6 Å². The molecule has 1 fully saturated rings. The number of hydrogen-bond donors (Lipinski definition) is 2. The molecule has 29 heavy (non-hydrogen) atoms. The molecule has 6 heteroatoms. The van der Waals surface area contributed by atoms with E-state index in [1.807, 2.05) is 12.4 Å². The average molecular weight is 397 g/mol. The lowest BCUT2D eigenvalue weighted by molar-refractivity contribution is 0.258. The molecule has 0 spiro atoms. The molecule has 0 amide bonds. The van der Waals surface area contributed by atoms with Gasteiger partial charge in [-0.2, -0.15) is 0 Å². The highest BCUT2D eigenvalue weighted by atomic mass is 15.3. The van der Waals surface area contributed by atoms with Crippen molar-refractivity contribution in [1.82, 2.24) is 25.1 Å². The Morgan fingerprint density at radius 2 is 2.07 bits per heavy atom. The van der Waals surface area contributed by atoms with E-state index in [0.29, 0.717) is 24.5 Å². The Morgan fingerprint density at radius 1 is 1.28 bits per heavy atom. The van der Waals surface area contributed by atoms with E-state index in [1.165, 1.54) is 5.56 Å². The van der Waals surface area contributed by atoms with Crippen LogP contribution in [0, 0.1) is 5.92 Å². The van der Waals surface area contributed by atoms with Gasteiger partial charge < -0.3 is 15.2 Å². The van der Waals surface area contributed by atoms with Crippen LogP contribution in [-0.4, -0.2) is 45.6 Å². The van der Waals surface area contributed by atoms with Crippen LogP contribution >= 0.6 is 0 Å². The first-order chi connectivity index (χ1) is 14.0. The Morgan fingerprint density at radius 3 is 2.79 bits per heavy atom. The lowest BCUT2D eigenvalue weighted by atomic mass is 10.2. The van der Waals surface area contributed by atoms with E-state index in [1.54, 1.807) is 0 Å². The van der Waals surface area contributed by atoms with Gasteiger partial charge in [-0.1, -0.05) is 44.2 Å². The summed E-state index contributed by atoms with van der Waals surface area (Å²) in [6.07, 6.45) is 5.04. The highest BCUT2D eigenvalue weighted by Crippen LogP contribution is 2.20. The number of rotatable bonds is 8. The molecular formula is C23H36N6. The molecule has 1 aliphatic rings. The van der Waals surface area contributed by atoms with Crippen LogP contribution in [0.15, 0.2) is 47.7 Å². The second-order valence-corrected chi connectivity index (χ2v) is 8.43. The molecule has 1 saturated heterocycles. The second-order valence-electron chi connectivity index (χ2n) is 8.43. The van der Waals surface area contributed by atoms with E-state index >= 15 is 0 Å². The molecule has 2 aromatic rings. The first-order valence-corrected chi connectivity index (χ1v) is 10.9. The molecule has 1 aromatic heterocycles. The smallest absolute Gasteiger partial charge is 0.191 e. The van der Waals surface area contributed by atoms with Crippen LogP contribution in [0.5, 0.6) is 0 Å². The van der Waals surface area contributed by atoms with Gasteiger partial charge in [0, 0.05) is 50.7 Å². The number of hydrogen-bond acceptors (Lipinski definition) is 3.